The number of hydrogen-bond donors (Lipinski definition) is 2. The largest absolute Gasteiger partial charge is 0.598 e. The van der Waals surface area contributed by atoms with Crippen LogP contribution in [0.3, 0.4) is 0 Å². The van der Waals surface area contributed by atoms with Crippen LogP contribution >= 0.6 is 23.4 Å². The van der Waals surface area contributed by atoms with E-state index in [0.29, 0.717) is 16.5 Å². The van der Waals surface area contributed by atoms with Crippen molar-refractivity contribution in [2.45, 2.75) is 60.7 Å². The van der Waals surface area contributed by atoms with Crippen molar-refractivity contribution in [3.8, 4) is 5.75 Å². The van der Waals surface area contributed by atoms with Crippen molar-refractivity contribution in [1.29, 1.82) is 0 Å². The van der Waals surface area contributed by atoms with Crippen LogP contribution in [0.2, 0.25) is 5.02 Å². The zero-order chi connectivity index (χ0) is 29.6. The predicted octanol–water partition coefficient (Wildman–Crippen LogP) is 5.75. The lowest BCUT2D eigenvalue weighted by Gasteiger charge is -2.44. The molecule has 3 aromatic heterocycles. The second kappa shape index (κ2) is 11.3. The Kier molecular flexibility index (Phi) is 7.90. The molecule has 4 heterocycles. The first-order valence-electron chi connectivity index (χ1n) is 13.9. The SMILES string of the molecule is COc1cccc2c1CC1(CCN(c3cnc4nc(Sc5ccnc(N)c5Cl)ccc4n3)CC1)[C@@H]2N[S+]([O-])C(C)(C)C. The Morgan fingerprint density at radius 1 is 1.14 bits per heavy atom. The highest BCUT2D eigenvalue weighted by Crippen LogP contribution is 2.54. The molecule has 2 aliphatic rings. The highest BCUT2D eigenvalue weighted by atomic mass is 35.5. The number of piperidine rings is 1. The molecule has 1 unspecified atom stereocenters. The molecule has 220 valence electrons. The van der Waals surface area contributed by atoms with Gasteiger partial charge in [0.1, 0.15) is 32.7 Å². The Balaban J connectivity index is 1.21. The molecule has 12 heteroatoms. The van der Waals surface area contributed by atoms with Crippen molar-refractivity contribution in [3.05, 3.63) is 64.9 Å². The van der Waals surface area contributed by atoms with Crippen LogP contribution in [0.1, 0.15) is 50.8 Å². The third-order valence-corrected chi connectivity index (χ3v) is 11.2. The zero-order valence-electron chi connectivity index (χ0n) is 24.1. The molecule has 1 aliphatic carbocycles. The maximum absolute atomic E-state index is 13.3. The minimum Gasteiger partial charge on any atom is -0.598 e. The number of halogens is 1. The minimum atomic E-state index is -1.20. The maximum atomic E-state index is 13.3. The van der Waals surface area contributed by atoms with Crippen LogP contribution in [-0.4, -0.2) is 49.4 Å². The summed E-state index contributed by atoms with van der Waals surface area (Å²) >= 11 is 6.52. The molecule has 3 N–H and O–H groups in total. The van der Waals surface area contributed by atoms with Gasteiger partial charge in [0.05, 0.1) is 24.4 Å². The molecule has 42 heavy (non-hydrogen) atoms. The van der Waals surface area contributed by atoms with E-state index in [2.05, 4.69) is 30.6 Å². The summed E-state index contributed by atoms with van der Waals surface area (Å²) in [5, 5.41) is 1.17. The van der Waals surface area contributed by atoms with Gasteiger partial charge in [0, 0.05) is 41.0 Å². The number of anilines is 2. The number of nitrogens with two attached hydrogens (primary N) is 1. The molecule has 0 bridgehead atoms. The molecule has 0 radical (unpaired) electrons. The van der Waals surface area contributed by atoms with Gasteiger partial charge in [-0.1, -0.05) is 35.5 Å². The lowest BCUT2D eigenvalue weighted by atomic mass is 9.73. The van der Waals surface area contributed by atoms with E-state index in [0.717, 1.165) is 59.4 Å². The second-order valence-electron chi connectivity index (χ2n) is 11.8. The number of ether oxygens (including phenoxy) is 1. The summed E-state index contributed by atoms with van der Waals surface area (Å²) in [6.45, 7) is 7.66. The molecular formula is C30H34ClN7O2S2. The van der Waals surface area contributed by atoms with E-state index in [9.17, 15) is 4.55 Å². The average Bonchev–Trinajstić information content (AvgIpc) is 3.27. The summed E-state index contributed by atoms with van der Waals surface area (Å²) in [5.74, 6) is 2.03. The van der Waals surface area contributed by atoms with Gasteiger partial charge < -0.3 is 19.9 Å². The normalized spacial score (nSPS) is 18.8. The lowest BCUT2D eigenvalue weighted by molar-refractivity contribution is 0.175. The summed E-state index contributed by atoms with van der Waals surface area (Å²) in [6, 6.07) is 11.9. The highest BCUT2D eigenvalue weighted by molar-refractivity contribution is 7.99. The number of nitrogens with one attached hydrogen (secondary N) is 1. The van der Waals surface area contributed by atoms with Gasteiger partial charge in [0.15, 0.2) is 5.65 Å². The first kappa shape index (κ1) is 29.3. The van der Waals surface area contributed by atoms with Crippen LogP contribution in [0.15, 0.2) is 58.7 Å². The molecule has 1 aliphatic heterocycles. The Morgan fingerprint density at radius 2 is 1.93 bits per heavy atom. The Hall–Kier alpha value is -2.83. The number of aromatic nitrogens is 4. The van der Waals surface area contributed by atoms with Gasteiger partial charge in [-0.15, -0.1) is 4.72 Å². The Morgan fingerprint density at radius 3 is 2.67 bits per heavy atom. The van der Waals surface area contributed by atoms with E-state index < -0.39 is 11.4 Å². The lowest BCUT2D eigenvalue weighted by Crippen LogP contribution is -2.49. The molecular weight excluding hydrogens is 590 g/mol. The number of benzene rings is 1. The molecule has 1 spiro atoms. The number of nitrogens with zero attached hydrogens (tertiary/aromatic N) is 5. The van der Waals surface area contributed by atoms with Crippen molar-refractivity contribution >= 4 is 57.5 Å². The first-order chi connectivity index (χ1) is 20.1. The number of rotatable bonds is 6. The summed E-state index contributed by atoms with van der Waals surface area (Å²) in [4.78, 5) is 21.3. The molecule has 2 atom stereocenters. The first-order valence-corrected chi connectivity index (χ1v) is 16.2. The molecule has 0 amide bonds. The third-order valence-electron chi connectivity index (χ3n) is 8.17. The third kappa shape index (κ3) is 5.48. The smallest absolute Gasteiger partial charge is 0.179 e. The Labute approximate surface area is 258 Å². The second-order valence-corrected chi connectivity index (χ2v) is 15.3. The fourth-order valence-corrected chi connectivity index (χ4v) is 7.84. The quantitative estimate of drug-likeness (QED) is 0.256. The van der Waals surface area contributed by atoms with E-state index in [-0.39, 0.29) is 16.2 Å². The molecule has 9 nitrogen and oxygen atoms in total. The summed E-state index contributed by atoms with van der Waals surface area (Å²) < 4.78 is 22.2. The van der Waals surface area contributed by atoms with Gasteiger partial charge in [-0.3, -0.25) is 0 Å². The zero-order valence-corrected chi connectivity index (χ0v) is 26.4. The van der Waals surface area contributed by atoms with Crippen LogP contribution in [-0.2, 0) is 17.8 Å². The van der Waals surface area contributed by atoms with Crippen molar-refractivity contribution in [3.63, 3.8) is 0 Å². The highest BCUT2D eigenvalue weighted by Gasteiger charge is 2.51. The fraction of sp³-hybridized carbons (Fsp3) is 0.400. The number of pyridine rings is 2. The maximum Gasteiger partial charge on any atom is 0.179 e. The molecule has 1 saturated heterocycles. The van der Waals surface area contributed by atoms with Crippen molar-refractivity contribution < 1.29 is 9.29 Å². The monoisotopic (exact) mass is 623 g/mol. The van der Waals surface area contributed by atoms with Gasteiger partial charge in [-0.2, -0.15) is 0 Å². The molecule has 1 fully saturated rings. The van der Waals surface area contributed by atoms with Crippen LogP contribution in [0.25, 0.3) is 11.2 Å². The van der Waals surface area contributed by atoms with Crippen molar-refractivity contribution in [1.82, 2.24) is 24.7 Å². The van der Waals surface area contributed by atoms with E-state index in [1.807, 2.05) is 51.1 Å². The molecule has 6 rings (SSSR count). The molecule has 0 saturated carbocycles. The fourth-order valence-electron chi connectivity index (χ4n) is 5.86. The standard InChI is InChI=1S/C30H34ClN7O2S2/c1-29(2,3)42(39)37-26-18-6-5-7-21(40-4)19(18)16-30(26)11-14-38(15-12-30)23-17-34-28-20(35-23)8-9-24(36-28)41-22-10-13-33-27(32)25(22)31/h5-10,13,17,26,37H,11-12,14-16H2,1-4H3,(H2,32,33)/t26-,42?/m1/s1. The van der Waals surface area contributed by atoms with Gasteiger partial charge in [-0.05, 0) is 75.4 Å². The summed E-state index contributed by atoms with van der Waals surface area (Å²) in [6.07, 6.45) is 6.17. The number of fused-ring (bicyclic) bond motifs is 2. The van der Waals surface area contributed by atoms with Crippen molar-refractivity contribution in [2.75, 3.05) is 30.8 Å². The van der Waals surface area contributed by atoms with Gasteiger partial charge in [0.2, 0.25) is 0 Å². The molecule has 4 aromatic rings. The van der Waals surface area contributed by atoms with Gasteiger partial charge >= 0.3 is 0 Å². The Bertz CT molecular complexity index is 1630. The van der Waals surface area contributed by atoms with Crippen LogP contribution in [0.4, 0.5) is 11.6 Å². The van der Waals surface area contributed by atoms with Crippen LogP contribution in [0, 0.1) is 5.41 Å². The minimum absolute atomic E-state index is 0.0168. The van der Waals surface area contributed by atoms with Crippen LogP contribution in [0.5, 0.6) is 5.75 Å². The number of nitrogen functional groups attached to an aromatic ring is 1. The average molecular weight is 624 g/mol. The van der Waals surface area contributed by atoms with E-state index in [4.69, 9.17) is 27.1 Å². The van der Waals surface area contributed by atoms with E-state index >= 15 is 0 Å². The van der Waals surface area contributed by atoms with Crippen molar-refractivity contribution in [2.24, 2.45) is 5.41 Å². The molecule has 1 aromatic carbocycles. The van der Waals surface area contributed by atoms with Crippen LogP contribution < -0.4 is 20.1 Å². The number of methoxy groups -OCH3 is 1. The number of hydrogen-bond acceptors (Lipinski definition) is 10. The summed E-state index contributed by atoms with van der Waals surface area (Å²) in [5.41, 5.74) is 9.50. The summed E-state index contributed by atoms with van der Waals surface area (Å²) in [7, 11) is 1.72. The van der Waals surface area contributed by atoms with E-state index in [1.165, 1.54) is 22.9 Å². The van der Waals surface area contributed by atoms with Gasteiger partial charge in [0.25, 0.3) is 0 Å². The predicted molar refractivity (Wildman–Crippen MR) is 169 cm³/mol. The topological polar surface area (TPSA) is 125 Å². The van der Waals surface area contributed by atoms with E-state index in [1.54, 1.807) is 19.5 Å². The van der Waals surface area contributed by atoms with Gasteiger partial charge in [-0.25, -0.2) is 19.9 Å².